The Morgan fingerprint density at radius 1 is 1.31 bits per heavy atom. The Balaban J connectivity index is 2.48. The smallest absolute Gasteiger partial charge is 0.396 e. The zero-order valence-electron chi connectivity index (χ0n) is 7.62. The van der Waals surface area contributed by atoms with Gasteiger partial charge in [-0.15, -0.1) is 0 Å². The van der Waals surface area contributed by atoms with Gasteiger partial charge in [-0.1, -0.05) is 0 Å². The molecule has 0 aromatic heterocycles. The number of carbonyl (C=O) groups excluding carboxylic acids is 2. The third-order valence-corrected chi connectivity index (χ3v) is 1.87. The molecule has 0 bridgehead atoms. The van der Waals surface area contributed by atoms with Crippen molar-refractivity contribution in [2.75, 3.05) is 33.4 Å². The summed E-state index contributed by atoms with van der Waals surface area (Å²) in [5.74, 6) is -1.38. The molecule has 74 valence electrons. The maximum absolute atomic E-state index is 11.3. The van der Waals surface area contributed by atoms with E-state index >= 15 is 0 Å². The number of hydrogen-bond donors (Lipinski definition) is 0. The molecule has 0 saturated carbocycles. The van der Waals surface area contributed by atoms with Gasteiger partial charge in [0.05, 0.1) is 13.7 Å². The molecule has 1 fully saturated rings. The van der Waals surface area contributed by atoms with E-state index < -0.39 is 11.9 Å². The Morgan fingerprint density at radius 3 is 2.77 bits per heavy atom. The first-order valence-corrected chi connectivity index (χ1v) is 4.20. The number of nitrogens with zero attached hydrogens (tertiary/aromatic N) is 1. The normalized spacial score (nSPS) is 17.8. The van der Waals surface area contributed by atoms with Crippen LogP contribution in [-0.2, 0) is 19.1 Å². The van der Waals surface area contributed by atoms with Gasteiger partial charge in [0.25, 0.3) is 0 Å². The third kappa shape index (κ3) is 2.69. The molecule has 1 rings (SSSR count). The molecular formula is C8H13NO4. The van der Waals surface area contributed by atoms with Crippen LogP contribution in [0, 0.1) is 0 Å². The highest BCUT2D eigenvalue weighted by atomic mass is 16.5. The SMILES string of the molecule is COC(=O)C(=O)N1CCCOCC1. The average molecular weight is 187 g/mol. The number of amides is 1. The first-order chi connectivity index (χ1) is 6.25. The second kappa shape index (κ2) is 4.81. The predicted molar refractivity (Wildman–Crippen MR) is 44.0 cm³/mol. The molecule has 0 N–H and O–H groups in total. The molecule has 0 aromatic rings. The summed E-state index contributed by atoms with van der Waals surface area (Å²) in [6.07, 6.45) is 0.767. The minimum Gasteiger partial charge on any atom is -0.462 e. The maximum Gasteiger partial charge on any atom is 0.396 e. The van der Waals surface area contributed by atoms with Crippen LogP contribution in [0.5, 0.6) is 0 Å². The quantitative estimate of drug-likeness (QED) is 0.375. The lowest BCUT2D eigenvalue weighted by molar-refractivity contribution is -0.158. The summed E-state index contributed by atoms with van der Waals surface area (Å²) < 4.78 is 9.48. The monoisotopic (exact) mass is 187 g/mol. The summed E-state index contributed by atoms with van der Waals surface area (Å²) in [5, 5.41) is 0. The van der Waals surface area contributed by atoms with Crippen molar-refractivity contribution in [3.63, 3.8) is 0 Å². The van der Waals surface area contributed by atoms with Crippen LogP contribution in [0.15, 0.2) is 0 Å². The molecule has 0 atom stereocenters. The standard InChI is InChI=1S/C8H13NO4/c1-12-8(11)7(10)9-3-2-5-13-6-4-9/h2-6H2,1H3. The van der Waals surface area contributed by atoms with Crippen LogP contribution in [0.3, 0.4) is 0 Å². The van der Waals surface area contributed by atoms with Gasteiger partial charge in [0.1, 0.15) is 0 Å². The van der Waals surface area contributed by atoms with Crippen molar-refractivity contribution in [2.45, 2.75) is 6.42 Å². The summed E-state index contributed by atoms with van der Waals surface area (Å²) in [7, 11) is 1.20. The summed E-state index contributed by atoms with van der Waals surface area (Å²) >= 11 is 0. The summed E-state index contributed by atoms with van der Waals surface area (Å²) in [6.45, 7) is 2.16. The van der Waals surface area contributed by atoms with Gasteiger partial charge in [0, 0.05) is 19.7 Å². The van der Waals surface area contributed by atoms with Crippen LogP contribution in [0.2, 0.25) is 0 Å². The van der Waals surface area contributed by atoms with Gasteiger partial charge in [-0.25, -0.2) is 4.79 Å². The number of methoxy groups -OCH3 is 1. The lowest BCUT2D eigenvalue weighted by Gasteiger charge is -2.17. The molecule has 1 amide bonds. The molecule has 0 aromatic carbocycles. The first kappa shape index (κ1) is 9.98. The molecule has 5 heteroatoms. The van der Waals surface area contributed by atoms with Crippen molar-refractivity contribution >= 4 is 11.9 Å². The van der Waals surface area contributed by atoms with E-state index in [-0.39, 0.29) is 0 Å². The minimum atomic E-state index is -0.804. The van der Waals surface area contributed by atoms with Gasteiger partial charge in [-0.2, -0.15) is 0 Å². The molecule has 1 heterocycles. The van der Waals surface area contributed by atoms with Crippen molar-refractivity contribution in [3.05, 3.63) is 0 Å². The average Bonchev–Trinajstić information content (AvgIpc) is 2.43. The minimum absolute atomic E-state index is 0.466. The fraction of sp³-hybridized carbons (Fsp3) is 0.750. The van der Waals surface area contributed by atoms with E-state index in [1.807, 2.05) is 0 Å². The Hall–Kier alpha value is -1.10. The Labute approximate surface area is 76.6 Å². The molecule has 0 spiro atoms. The molecule has 5 nitrogen and oxygen atoms in total. The van der Waals surface area contributed by atoms with Gasteiger partial charge in [0.2, 0.25) is 0 Å². The fourth-order valence-electron chi connectivity index (χ4n) is 1.17. The number of ether oxygens (including phenoxy) is 2. The van der Waals surface area contributed by atoms with Crippen molar-refractivity contribution in [2.24, 2.45) is 0 Å². The first-order valence-electron chi connectivity index (χ1n) is 4.20. The second-order valence-electron chi connectivity index (χ2n) is 2.75. The van der Waals surface area contributed by atoms with Gasteiger partial charge >= 0.3 is 11.9 Å². The molecule has 1 saturated heterocycles. The molecule has 13 heavy (non-hydrogen) atoms. The van der Waals surface area contributed by atoms with Crippen molar-refractivity contribution in [1.82, 2.24) is 4.90 Å². The number of hydrogen-bond acceptors (Lipinski definition) is 4. The van der Waals surface area contributed by atoms with E-state index in [1.165, 1.54) is 12.0 Å². The van der Waals surface area contributed by atoms with Gasteiger partial charge in [-0.3, -0.25) is 4.79 Å². The van der Waals surface area contributed by atoms with Gasteiger partial charge < -0.3 is 14.4 Å². The molecule has 1 aliphatic rings. The zero-order chi connectivity index (χ0) is 9.68. The van der Waals surface area contributed by atoms with Gasteiger partial charge in [0.15, 0.2) is 0 Å². The molecule has 0 unspecified atom stereocenters. The molecule has 0 aliphatic carbocycles. The van der Waals surface area contributed by atoms with Crippen molar-refractivity contribution in [1.29, 1.82) is 0 Å². The van der Waals surface area contributed by atoms with E-state index in [0.29, 0.717) is 26.3 Å². The molecule has 0 radical (unpaired) electrons. The van der Waals surface area contributed by atoms with E-state index in [4.69, 9.17) is 4.74 Å². The van der Waals surface area contributed by atoms with E-state index in [1.54, 1.807) is 0 Å². The Bertz CT molecular complexity index is 196. The number of carbonyl (C=O) groups is 2. The Kier molecular flexibility index (Phi) is 3.70. The van der Waals surface area contributed by atoms with E-state index in [9.17, 15) is 9.59 Å². The topological polar surface area (TPSA) is 55.8 Å². The van der Waals surface area contributed by atoms with Gasteiger partial charge in [-0.05, 0) is 6.42 Å². The van der Waals surface area contributed by atoms with E-state index in [0.717, 1.165) is 6.42 Å². The summed E-state index contributed by atoms with van der Waals surface area (Å²) in [5.41, 5.74) is 0. The molecule has 1 aliphatic heterocycles. The van der Waals surface area contributed by atoms with Crippen LogP contribution in [0.1, 0.15) is 6.42 Å². The van der Waals surface area contributed by atoms with Crippen LogP contribution in [0.4, 0.5) is 0 Å². The molecular weight excluding hydrogens is 174 g/mol. The van der Waals surface area contributed by atoms with Crippen LogP contribution >= 0.6 is 0 Å². The number of rotatable bonds is 0. The second-order valence-corrected chi connectivity index (χ2v) is 2.75. The van der Waals surface area contributed by atoms with E-state index in [2.05, 4.69) is 4.74 Å². The third-order valence-electron chi connectivity index (χ3n) is 1.87. The van der Waals surface area contributed by atoms with Crippen LogP contribution in [0.25, 0.3) is 0 Å². The highest BCUT2D eigenvalue weighted by Gasteiger charge is 2.22. The lowest BCUT2D eigenvalue weighted by atomic mass is 10.4. The summed E-state index contributed by atoms with van der Waals surface area (Å²) in [6, 6.07) is 0. The van der Waals surface area contributed by atoms with Crippen molar-refractivity contribution in [3.8, 4) is 0 Å². The summed E-state index contributed by atoms with van der Waals surface area (Å²) in [4.78, 5) is 23.6. The van der Waals surface area contributed by atoms with Crippen LogP contribution < -0.4 is 0 Å². The fourth-order valence-corrected chi connectivity index (χ4v) is 1.17. The predicted octanol–water partition coefficient (Wildman–Crippen LogP) is -0.592. The Morgan fingerprint density at radius 2 is 2.08 bits per heavy atom. The highest BCUT2D eigenvalue weighted by Crippen LogP contribution is 2.00. The highest BCUT2D eigenvalue weighted by molar-refractivity contribution is 6.32. The number of esters is 1. The lowest BCUT2D eigenvalue weighted by Crippen LogP contribution is -2.38. The largest absolute Gasteiger partial charge is 0.462 e. The van der Waals surface area contributed by atoms with Crippen molar-refractivity contribution < 1.29 is 19.1 Å². The maximum atomic E-state index is 11.3. The zero-order valence-corrected chi connectivity index (χ0v) is 7.62. The van der Waals surface area contributed by atoms with Crippen LogP contribution in [-0.4, -0.2) is 50.2 Å².